The normalized spacial score (nSPS) is 15.0. The van der Waals surface area contributed by atoms with Crippen molar-refractivity contribution in [1.29, 1.82) is 0 Å². The SMILES string of the molecule is CCOC(=O)C1=C(C)N=c2s/c(=C\c3ccc(-c4ccc(Cl)c(C(=O)O)c4)o3)c(=O)n2[C@@H]1c1ccccc1OC. The molecule has 3 heterocycles. The number of thiazole rings is 1. The Morgan fingerprint density at radius 2 is 1.98 bits per heavy atom. The fourth-order valence-corrected chi connectivity index (χ4v) is 5.76. The van der Waals surface area contributed by atoms with Crippen molar-refractivity contribution >= 4 is 41.0 Å². The fraction of sp³-hybridized carbons (Fsp3) is 0.172. The molecular formula is C29H23ClN2O7S. The lowest BCUT2D eigenvalue weighted by atomic mass is 9.95. The summed E-state index contributed by atoms with van der Waals surface area (Å²) in [6.45, 7) is 3.59. The van der Waals surface area contributed by atoms with Crippen molar-refractivity contribution in [3.05, 3.63) is 107 Å². The van der Waals surface area contributed by atoms with Crippen molar-refractivity contribution in [2.75, 3.05) is 13.7 Å². The third kappa shape index (κ3) is 4.87. The van der Waals surface area contributed by atoms with Crippen LogP contribution in [0, 0.1) is 0 Å². The van der Waals surface area contributed by atoms with Crippen LogP contribution >= 0.6 is 22.9 Å². The second-order valence-electron chi connectivity index (χ2n) is 8.75. The smallest absolute Gasteiger partial charge is 0.338 e. The summed E-state index contributed by atoms with van der Waals surface area (Å²) in [5, 5.41) is 9.50. The Balaban J connectivity index is 1.64. The van der Waals surface area contributed by atoms with Crippen LogP contribution in [-0.2, 0) is 9.53 Å². The number of furan rings is 1. The second-order valence-corrected chi connectivity index (χ2v) is 10.2. The van der Waals surface area contributed by atoms with Crippen LogP contribution in [-0.4, -0.2) is 35.3 Å². The van der Waals surface area contributed by atoms with Crippen LogP contribution in [0.25, 0.3) is 17.4 Å². The monoisotopic (exact) mass is 578 g/mol. The highest BCUT2D eigenvalue weighted by molar-refractivity contribution is 7.07. The number of benzene rings is 2. The van der Waals surface area contributed by atoms with Gasteiger partial charge in [0.1, 0.15) is 23.3 Å². The van der Waals surface area contributed by atoms with Gasteiger partial charge < -0.3 is 19.0 Å². The van der Waals surface area contributed by atoms with Gasteiger partial charge in [-0.1, -0.05) is 41.1 Å². The molecule has 2 aromatic carbocycles. The molecule has 2 aromatic heterocycles. The lowest BCUT2D eigenvalue weighted by molar-refractivity contribution is -0.139. The number of aromatic nitrogens is 1. The minimum Gasteiger partial charge on any atom is -0.496 e. The van der Waals surface area contributed by atoms with E-state index in [9.17, 15) is 19.5 Å². The number of hydrogen-bond acceptors (Lipinski definition) is 8. The average Bonchev–Trinajstić information content (AvgIpc) is 3.52. The molecule has 0 unspecified atom stereocenters. The van der Waals surface area contributed by atoms with E-state index in [2.05, 4.69) is 4.99 Å². The number of carbonyl (C=O) groups is 2. The number of ether oxygens (including phenoxy) is 2. The minimum atomic E-state index is -1.15. The van der Waals surface area contributed by atoms with E-state index >= 15 is 0 Å². The van der Waals surface area contributed by atoms with Gasteiger partial charge >= 0.3 is 11.9 Å². The molecule has 1 atom stereocenters. The van der Waals surface area contributed by atoms with Crippen molar-refractivity contribution in [1.82, 2.24) is 4.57 Å². The Hall–Kier alpha value is -4.41. The Morgan fingerprint density at radius 1 is 1.20 bits per heavy atom. The molecule has 1 N–H and O–H groups in total. The number of carboxylic acids is 1. The summed E-state index contributed by atoms with van der Waals surface area (Å²) in [6, 6.07) is 14.3. The molecule has 0 fully saturated rings. The highest BCUT2D eigenvalue weighted by Crippen LogP contribution is 2.35. The average molecular weight is 579 g/mol. The Labute approximate surface area is 236 Å². The molecule has 0 aliphatic carbocycles. The van der Waals surface area contributed by atoms with E-state index in [1.165, 1.54) is 23.8 Å². The summed E-state index contributed by atoms with van der Waals surface area (Å²) in [5.41, 5.74) is 1.42. The van der Waals surface area contributed by atoms with Crippen molar-refractivity contribution in [3.63, 3.8) is 0 Å². The summed E-state index contributed by atoms with van der Waals surface area (Å²) in [6.07, 6.45) is 1.59. The number of fused-ring (bicyclic) bond motifs is 1. The molecule has 40 heavy (non-hydrogen) atoms. The molecule has 9 nitrogen and oxygen atoms in total. The van der Waals surface area contributed by atoms with E-state index in [4.69, 9.17) is 25.5 Å². The summed E-state index contributed by atoms with van der Waals surface area (Å²) in [5.74, 6) is -0.416. The van der Waals surface area contributed by atoms with Gasteiger partial charge in [0.25, 0.3) is 5.56 Å². The molecule has 0 amide bonds. The molecule has 11 heteroatoms. The number of halogens is 1. The van der Waals surface area contributed by atoms with Gasteiger partial charge in [0.05, 0.1) is 40.1 Å². The number of esters is 1. The van der Waals surface area contributed by atoms with Crippen molar-refractivity contribution < 1.29 is 28.6 Å². The van der Waals surface area contributed by atoms with Gasteiger partial charge in [0.15, 0.2) is 4.80 Å². The molecule has 1 aliphatic rings. The Morgan fingerprint density at radius 3 is 2.70 bits per heavy atom. The van der Waals surface area contributed by atoms with Gasteiger partial charge in [-0.15, -0.1) is 0 Å². The number of para-hydroxylation sites is 1. The third-order valence-corrected chi connectivity index (χ3v) is 7.64. The van der Waals surface area contributed by atoms with E-state index in [1.807, 2.05) is 6.07 Å². The molecule has 1 aliphatic heterocycles. The number of rotatable bonds is 7. The largest absolute Gasteiger partial charge is 0.496 e. The fourth-order valence-electron chi connectivity index (χ4n) is 4.54. The molecule has 0 saturated heterocycles. The number of aromatic carboxylic acids is 1. The minimum absolute atomic E-state index is 0.0467. The van der Waals surface area contributed by atoms with Crippen LogP contribution in [0.3, 0.4) is 0 Å². The van der Waals surface area contributed by atoms with Crippen LogP contribution in [0.4, 0.5) is 0 Å². The van der Waals surface area contributed by atoms with Crippen molar-refractivity contribution in [2.45, 2.75) is 19.9 Å². The highest BCUT2D eigenvalue weighted by atomic mass is 35.5. The van der Waals surface area contributed by atoms with Crippen LogP contribution in [0.15, 0.2) is 80.1 Å². The predicted molar refractivity (Wildman–Crippen MR) is 150 cm³/mol. The van der Waals surface area contributed by atoms with Crippen molar-refractivity contribution in [2.24, 2.45) is 4.99 Å². The van der Waals surface area contributed by atoms with Crippen LogP contribution < -0.4 is 19.6 Å². The number of carboxylic acid groups (broad SMARTS) is 1. The van der Waals surface area contributed by atoms with E-state index in [-0.39, 0.29) is 28.3 Å². The molecule has 0 bridgehead atoms. The molecule has 4 aromatic rings. The van der Waals surface area contributed by atoms with E-state index in [1.54, 1.807) is 56.3 Å². The summed E-state index contributed by atoms with van der Waals surface area (Å²) < 4.78 is 18.6. The van der Waals surface area contributed by atoms with Gasteiger partial charge in [-0.25, -0.2) is 14.6 Å². The van der Waals surface area contributed by atoms with Gasteiger partial charge in [0, 0.05) is 17.2 Å². The van der Waals surface area contributed by atoms with Gasteiger partial charge in [-0.2, -0.15) is 0 Å². The van der Waals surface area contributed by atoms with Crippen LogP contribution in [0.5, 0.6) is 5.75 Å². The number of carbonyl (C=O) groups excluding carboxylic acids is 1. The Kier molecular flexibility index (Phi) is 7.46. The molecule has 5 rings (SSSR count). The topological polar surface area (TPSA) is 120 Å². The first-order chi connectivity index (χ1) is 19.2. The Bertz CT molecular complexity index is 1870. The zero-order valence-corrected chi connectivity index (χ0v) is 23.2. The molecule has 0 spiro atoms. The van der Waals surface area contributed by atoms with Gasteiger partial charge in [-0.05, 0) is 50.2 Å². The maximum absolute atomic E-state index is 13.8. The third-order valence-electron chi connectivity index (χ3n) is 6.33. The lowest BCUT2D eigenvalue weighted by Crippen LogP contribution is -2.40. The first kappa shape index (κ1) is 27.2. The number of allylic oxidation sites excluding steroid dienone is 1. The van der Waals surface area contributed by atoms with Crippen LogP contribution in [0.2, 0.25) is 5.02 Å². The molecule has 0 radical (unpaired) electrons. The molecular weight excluding hydrogens is 556 g/mol. The van der Waals surface area contributed by atoms with Gasteiger partial charge in [-0.3, -0.25) is 9.36 Å². The molecule has 0 saturated carbocycles. The standard InChI is InChI=1S/C29H23ClN2O7S/c1-4-38-28(36)24-15(2)31-29-32(25(24)18-7-5-6-8-22(18)37-3)26(33)23(40-29)14-17-10-12-21(39-17)16-9-11-20(30)19(13-16)27(34)35/h5-14,25H,4H2,1-3H3,(H,34,35)/b23-14-/t25-/m1/s1. The quantitative estimate of drug-likeness (QED) is 0.322. The van der Waals surface area contributed by atoms with Gasteiger partial charge in [0.2, 0.25) is 0 Å². The maximum Gasteiger partial charge on any atom is 0.338 e. The summed E-state index contributed by atoms with van der Waals surface area (Å²) in [4.78, 5) is 43.3. The number of hydrogen-bond donors (Lipinski definition) is 1. The second kappa shape index (κ2) is 11.0. The van der Waals surface area contributed by atoms with Crippen LogP contribution in [0.1, 0.15) is 41.6 Å². The number of nitrogens with zero attached hydrogens (tertiary/aromatic N) is 2. The predicted octanol–water partition coefficient (Wildman–Crippen LogP) is 4.42. The van der Waals surface area contributed by atoms with E-state index in [0.717, 1.165) is 11.3 Å². The van der Waals surface area contributed by atoms with E-state index in [0.29, 0.717) is 43.4 Å². The van der Waals surface area contributed by atoms with Crippen molar-refractivity contribution in [3.8, 4) is 17.1 Å². The van der Waals surface area contributed by atoms with E-state index < -0.39 is 18.0 Å². The summed E-state index contributed by atoms with van der Waals surface area (Å²) in [7, 11) is 1.53. The number of methoxy groups -OCH3 is 1. The highest BCUT2D eigenvalue weighted by Gasteiger charge is 2.35. The first-order valence-corrected chi connectivity index (χ1v) is 13.4. The zero-order chi connectivity index (χ0) is 28.6. The first-order valence-electron chi connectivity index (χ1n) is 12.2. The molecule has 204 valence electrons. The summed E-state index contributed by atoms with van der Waals surface area (Å²) >= 11 is 7.15. The zero-order valence-electron chi connectivity index (χ0n) is 21.6. The maximum atomic E-state index is 13.8. The lowest BCUT2D eigenvalue weighted by Gasteiger charge is -2.25.